The summed E-state index contributed by atoms with van der Waals surface area (Å²) in [5.74, 6) is -0.349. The second-order valence-electron chi connectivity index (χ2n) is 7.38. The van der Waals surface area contributed by atoms with Crippen molar-refractivity contribution < 1.29 is 4.79 Å². The maximum Gasteiger partial charge on any atom is 0.261 e. The number of fused-ring (bicyclic) bond motifs is 1. The Morgan fingerprint density at radius 3 is 2.26 bits per heavy atom. The molecule has 1 N–H and O–H groups in total. The van der Waals surface area contributed by atoms with Gasteiger partial charge in [-0.15, -0.1) is 0 Å². The van der Waals surface area contributed by atoms with Crippen molar-refractivity contribution >= 4 is 22.9 Å². The zero-order chi connectivity index (χ0) is 21.5. The van der Waals surface area contributed by atoms with Crippen LogP contribution in [0.25, 0.3) is 17.0 Å². The molecule has 0 bridgehead atoms. The number of hydrogen-bond acceptors (Lipinski definition) is 2. The van der Waals surface area contributed by atoms with Gasteiger partial charge in [-0.25, -0.2) is 0 Å². The molecule has 0 aliphatic rings. The predicted octanol–water partition coefficient (Wildman–Crippen LogP) is 4.96. The number of nitriles is 1. The Hall–Kier alpha value is -4.10. The Bertz CT molecular complexity index is 1250. The number of aromatic nitrogens is 1. The van der Waals surface area contributed by atoms with Gasteiger partial charge in [0.05, 0.1) is 0 Å². The SMILES string of the molecule is N#C/C(=C/c1cn(Cc2ccccc2)c2ccccc12)C(=O)NCCc1ccccc1. The highest BCUT2D eigenvalue weighted by molar-refractivity contribution is 6.04. The monoisotopic (exact) mass is 405 g/mol. The van der Waals surface area contributed by atoms with Crippen LogP contribution in [-0.4, -0.2) is 17.0 Å². The third kappa shape index (κ3) is 4.91. The molecule has 0 aliphatic heterocycles. The molecule has 0 unspecified atom stereocenters. The van der Waals surface area contributed by atoms with Crippen LogP contribution >= 0.6 is 0 Å². The molecule has 0 atom stereocenters. The Kier molecular flexibility index (Phi) is 6.25. The highest BCUT2D eigenvalue weighted by Crippen LogP contribution is 2.24. The van der Waals surface area contributed by atoms with Crippen LogP contribution in [0.2, 0.25) is 0 Å². The lowest BCUT2D eigenvalue weighted by Crippen LogP contribution is -2.26. The van der Waals surface area contributed by atoms with Gasteiger partial charge in [-0.05, 0) is 29.7 Å². The molecule has 4 nitrogen and oxygen atoms in total. The summed E-state index contributed by atoms with van der Waals surface area (Å²) in [6, 6.07) is 30.3. The second-order valence-corrected chi connectivity index (χ2v) is 7.38. The van der Waals surface area contributed by atoms with E-state index in [0.717, 1.165) is 35.0 Å². The van der Waals surface area contributed by atoms with Gasteiger partial charge in [0.15, 0.2) is 0 Å². The molecule has 0 aliphatic carbocycles. The van der Waals surface area contributed by atoms with Crippen LogP contribution < -0.4 is 5.32 Å². The topological polar surface area (TPSA) is 57.8 Å². The highest BCUT2D eigenvalue weighted by Gasteiger charge is 2.12. The van der Waals surface area contributed by atoms with Gasteiger partial charge >= 0.3 is 0 Å². The maximum absolute atomic E-state index is 12.6. The second kappa shape index (κ2) is 9.60. The van der Waals surface area contributed by atoms with Crippen molar-refractivity contribution in [3.63, 3.8) is 0 Å². The molecule has 0 fully saturated rings. The smallest absolute Gasteiger partial charge is 0.261 e. The minimum Gasteiger partial charge on any atom is -0.351 e. The number of carbonyl (C=O) groups is 1. The Labute approximate surface area is 182 Å². The van der Waals surface area contributed by atoms with Crippen molar-refractivity contribution in [2.45, 2.75) is 13.0 Å². The third-order valence-corrected chi connectivity index (χ3v) is 5.22. The van der Waals surface area contributed by atoms with Crippen molar-refractivity contribution in [1.29, 1.82) is 5.26 Å². The van der Waals surface area contributed by atoms with Crippen LogP contribution in [0, 0.1) is 11.3 Å². The lowest BCUT2D eigenvalue weighted by molar-refractivity contribution is -0.117. The zero-order valence-corrected chi connectivity index (χ0v) is 17.2. The van der Waals surface area contributed by atoms with Crippen LogP contribution in [0.15, 0.2) is 96.7 Å². The standard InChI is InChI=1S/C27H23N3O/c28-18-23(27(31)29-16-15-21-9-3-1-4-10-21)17-24-20-30(19-22-11-5-2-6-12-22)26-14-8-7-13-25(24)26/h1-14,17,20H,15-16,19H2,(H,29,31)/b23-17-. The van der Waals surface area contributed by atoms with Gasteiger partial charge in [0, 0.05) is 35.8 Å². The van der Waals surface area contributed by atoms with E-state index in [-0.39, 0.29) is 11.5 Å². The van der Waals surface area contributed by atoms with Gasteiger partial charge in [0.2, 0.25) is 0 Å². The van der Waals surface area contributed by atoms with Crippen LogP contribution in [0.5, 0.6) is 0 Å². The molecule has 4 aromatic rings. The van der Waals surface area contributed by atoms with Crippen molar-refractivity contribution in [2.75, 3.05) is 6.54 Å². The van der Waals surface area contributed by atoms with E-state index in [0.29, 0.717) is 6.54 Å². The van der Waals surface area contributed by atoms with E-state index in [1.165, 1.54) is 5.56 Å². The third-order valence-electron chi connectivity index (χ3n) is 5.22. The Morgan fingerprint density at radius 1 is 0.903 bits per heavy atom. The number of hydrogen-bond donors (Lipinski definition) is 1. The van der Waals surface area contributed by atoms with Crippen LogP contribution in [-0.2, 0) is 17.8 Å². The molecule has 152 valence electrons. The van der Waals surface area contributed by atoms with E-state index in [4.69, 9.17) is 0 Å². The summed E-state index contributed by atoms with van der Waals surface area (Å²) in [6.07, 6.45) is 4.41. The molecule has 3 aromatic carbocycles. The van der Waals surface area contributed by atoms with Gasteiger partial charge in [-0.2, -0.15) is 5.26 Å². The van der Waals surface area contributed by atoms with E-state index in [2.05, 4.69) is 34.2 Å². The lowest BCUT2D eigenvalue weighted by Gasteiger charge is -2.05. The molecule has 1 aromatic heterocycles. The summed E-state index contributed by atoms with van der Waals surface area (Å²) in [5, 5.41) is 13.5. The molecule has 0 saturated heterocycles. The van der Waals surface area contributed by atoms with Gasteiger partial charge in [-0.3, -0.25) is 4.79 Å². The van der Waals surface area contributed by atoms with Gasteiger partial charge in [-0.1, -0.05) is 78.9 Å². The first kappa shape index (κ1) is 20.2. The molecule has 0 saturated carbocycles. The zero-order valence-electron chi connectivity index (χ0n) is 17.2. The molecule has 31 heavy (non-hydrogen) atoms. The van der Waals surface area contributed by atoms with Crippen LogP contribution in [0.1, 0.15) is 16.7 Å². The number of carbonyl (C=O) groups excluding carboxylic acids is 1. The number of para-hydroxylation sites is 1. The Balaban J connectivity index is 1.55. The van der Waals surface area contributed by atoms with Gasteiger partial charge in [0.1, 0.15) is 11.6 Å². The fraction of sp³-hybridized carbons (Fsp3) is 0.111. The summed E-state index contributed by atoms with van der Waals surface area (Å²) >= 11 is 0. The normalized spacial score (nSPS) is 11.3. The lowest BCUT2D eigenvalue weighted by atomic mass is 10.1. The first-order valence-electron chi connectivity index (χ1n) is 10.3. The summed E-state index contributed by atoms with van der Waals surface area (Å²) in [6.45, 7) is 1.21. The van der Waals surface area contributed by atoms with E-state index in [9.17, 15) is 10.1 Å². The van der Waals surface area contributed by atoms with Crippen molar-refractivity contribution in [3.8, 4) is 6.07 Å². The first-order valence-corrected chi connectivity index (χ1v) is 10.3. The van der Waals surface area contributed by atoms with Crippen molar-refractivity contribution in [1.82, 2.24) is 9.88 Å². The van der Waals surface area contributed by atoms with Crippen LogP contribution in [0.3, 0.4) is 0 Å². The molecule has 4 heteroatoms. The summed E-state index contributed by atoms with van der Waals surface area (Å²) < 4.78 is 2.15. The molecule has 4 rings (SSSR count). The van der Waals surface area contributed by atoms with E-state index in [1.807, 2.05) is 72.9 Å². The predicted molar refractivity (Wildman–Crippen MR) is 124 cm³/mol. The van der Waals surface area contributed by atoms with Crippen LogP contribution in [0.4, 0.5) is 0 Å². The number of benzene rings is 3. The van der Waals surface area contributed by atoms with E-state index in [1.54, 1.807) is 6.08 Å². The average molecular weight is 406 g/mol. The van der Waals surface area contributed by atoms with E-state index >= 15 is 0 Å². The molecule has 1 heterocycles. The maximum atomic E-state index is 12.6. The molecule has 1 amide bonds. The average Bonchev–Trinajstić information content (AvgIpc) is 3.16. The van der Waals surface area contributed by atoms with Crippen molar-refractivity contribution in [2.24, 2.45) is 0 Å². The largest absolute Gasteiger partial charge is 0.351 e. The number of nitrogens with one attached hydrogen (secondary N) is 1. The van der Waals surface area contributed by atoms with Gasteiger partial charge in [0.25, 0.3) is 5.91 Å². The molecular formula is C27H23N3O. The summed E-state index contributed by atoms with van der Waals surface area (Å²) in [4.78, 5) is 12.6. The quantitative estimate of drug-likeness (QED) is 0.349. The number of nitrogens with zero attached hydrogens (tertiary/aromatic N) is 2. The summed E-state index contributed by atoms with van der Waals surface area (Å²) in [7, 11) is 0. The molecule has 0 radical (unpaired) electrons. The fourth-order valence-corrected chi connectivity index (χ4v) is 3.67. The first-order chi connectivity index (χ1) is 15.2. The highest BCUT2D eigenvalue weighted by atomic mass is 16.1. The van der Waals surface area contributed by atoms with E-state index < -0.39 is 0 Å². The van der Waals surface area contributed by atoms with Gasteiger partial charge < -0.3 is 9.88 Å². The number of rotatable bonds is 7. The molecule has 0 spiro atoms. The fourth-order valence-electron chi connectivity index (χ4n) is 3.67. The summed E-state index contributed by atoms with van der Waals surface area (Å²) in [5.41, 5.74) is 4.38. The number of amides is 1. The Morgan fingerprint density at radius 2 is 1.55 bits per heavy atom. The molecular weight excluding hydrogens is 382 g/mol. The minimum absolute atomic E-state index is 0.107. The minimum atomic E-state index is -0.349. The van der Waals surface area contributed by atoms with Crippen molar-refractivity contribution in [3.05, 3.63) is 113 Å².